The van der Waals surface area contributed by atoms with Crippen molar-refractivity contribution < 1.29 is 110 Å². The molecular formula is C56H44F16NO8S3+. The van der Waals surface area contributed by atoms with E-state index in [1.165, 1.54) is 37.3 Å². The van der Waals surface area contributed by atoms with Gasteiger partial charge in [0.05, 0.1) is 35.8 Å². The Morgan fingerprint density at radius 1 is 0.440 bits per heavy atom. The molecule has 0 heterocycles. The standard InChI is InChI=1S/C56H43F16NO8S3/c1-33-6-9-36(10-7-33)49(51(57,58)59,52(60,61)62)39-15-21-43(22-16-39)81-47-31-44(25-29-48(47)82-55(69,70)56(71,72)84(76,77)78)80-41-19-13-38(14-20-41)50(53(63,64)65,54(66,67)68)37-11-17-40(18-12-37)79-42-23-27-45(28-24-42)83(74,75)46-26-8-34(2)35(30-46)32-73(3,4)5/h6-31H,32H2,1-5H3/p+1. The van der Waals surface area contributed by atoms with Crippen LogP contribution in [0.5, 0.6) is 34.5 Å². The number of hydrogen-bond acceptors (Lipinski definition) is 8. The van der Waals surface area contributed by atoms with Gasteiger partial charge in [-0.1, -0.05) is 72.3 Å². The van der Waals surface area contributed by atoms with Crippen LogP contribution in [0.15, 0.2) is 172 Å². The zero-order valence-electron chi connectivity index (χ0n) is 43.7. The maximum atomic E-state index is 15.2. The number of nitrogens with zero attached hydrogens (tertiary/aromatic N) is 1. The third kappa shape index (κ3) is 12.5. The summed E-state index contributed by atoms with van der Waals surface area (Å²) in [5.41, 5.74) is -13.1. The van der Waals surface area contributed by atoms with Crippen molar-refractivity contribution in [2.75, 3.05) is 21.1 Å². The van der Waals surface area contributed by atoms with Crippen LogP contribution in [0, 0.1) is 13.8 Å². The fourth-order valence-electron chi connectivity index (χ4n) is 8.87. The zero-order chi connectivity index (χ0) is 62.7. The molecule has 0 fully saturated rings. The average molecular weight is 1260 g/mol. The molecule has 0 saturated carbocycles. The number of aryl methyl sites for hydroxylation is 2. The number of thioether (sulfide) groups is 1. The van der Waals surface area contributed by atoms with Gasteiger partial charge in [-0.2, -0.15) is 78.7 Å². The quantitative estimate of drug-likeness (QED) is 0.0388. The molecule has 9 nitrogen and oxygen atoms in total. The van der Waals surface area contributed by atoms with E-state index in [9.17, 15) is 52.0 Å². The van der Waals surface area contributed by atoms with Crippen molar-refractivity contribution in [3.8, 4) is 34.5 Å². The van der Waals surface area contributed by atoms with Gasteiger partial charge in [0.1, 0.15) is 41.0 Å². The van der Waals surface area contributed by atoms with Gasteiger partial charge >= 0.3 is 45.3 Å². The van der Waals surface area contributed by atoms with Gasteiger partial charge in [0.15, 0.2) is 0 Å². The van der Waals surface area contributed by atoms with Gasteiger partial charge in [-0.15, -0.1) is 0 Å². The number of alkyl halides is 16. The second kappa shape index (κ2) is 22.4. The van der Waals surface area contributed by atoms with Crippen LogP contribution in [0.3, 0.4) is 0 Å². The highest BCUT2D eigenvalue weighted by Crippen LogP contribution is 2.59. The normalized spacial score (nSPS) is 13.6. The van der Waals surface area contributed by atoms with E-state index in [4.69, 9.17) is 18.8 Å². The van der Waals surface area contributed by atoms with Crippen molar-refractivity contribution >= 4 is 31.7 Å². The summed E-state index contributed by atoms with van der Waals surface area (Å²) < 4.78 is 314. The Kier molecular flexibility index (Phi) is 17.2. The van der Waals surface area contributed by atoms with Crippen LogP contribution in [0.4, 0.5) is 70.2 Å². The molecule has 84 heavy (non-hydrogen) atoms. The average Bonchev–Trinajstić information content (AvgIpc) is 3.54. The van der Waals surface area contributed by atoms with Gasteiger partial charge in [-0.3, -0.25) is 4.55 Å². The Morgan fingerprint density at radius 3 is 1.17 bits per heavy atom. The highest BCUT2D eigenvalue weighted by molar-refractivity contribution is 8.01. The molecule has 0 atom stereocenters. The Bertz CT molecular complexity index is 3710. The summed E-state index contributed by atoms with van der Waals surface area (Å²) in [7, 11) is -5.15. The summed E-state index contributed by atoms with van der Waals surface area (Å²) in [6.07, 6.45) is -24.4. The number of rotatable bonds is 18. The van der Waals surface area contributed by atoms with Crippen LogP contribution in [0.2, 0.25) is 0 Å². The van der Waals surface area contributed by atoms with Crippen LogP contribution in [-0.2, 0) is 37.3 Å². The number of halogens is 16. The van der Waals surface area contributed by atoms with E-state index >= 15 is 35.1 Å². The van der Waals surface area contributed by atoms with Crippen molar-refractivity contribution in [2.24, 2.45) is 0 Å². The molecule has 0 spiro atoms. The van der Waals surface area contributed by atoms with Gasteiger partial charge in [-0.25, -0.2) is 8.42 Å². The fraction of sp³-hybridized carbons (Fsp3) is 0.250. The van der Waals surface area contributed by atoms with Crippen molar-refractivity contribution in [3.63, 3.8) is 0 Å². The molecule has 0 bridgehead atoms. The van der Waals surface area contributed by atoms with E-state index in [1.54, 1.807) is 12.1 Å². The molecule has 7 aromatic carbocycles. The zero-order valence-corrected chi connectivity index (χ0v) is 46.2. The summed E-state index contributed by atoms with van der Waals surface area (Å²) in [6.45, 7) is 3.74. The molecule has 28 heteroatoms. The predicted octanol–water partition coefficient (Wildman–Crippen LogP) is 16.7. The molecule has 0 aliphatic heterocycles. The summed E-state index contributed by atoms with van der Waals surface area (Å²) >= 11 is -1.28. The first-order chi connectivity index (χ1) is 38.5. The van der Waals surface area contributed by atoms with E-state index in [2.05, 4.69) is 0 Å². The number of quaternary nitrogens is 1. The molecule has 7 rings (SSSR count). The van der Waals surface area contributed by atoms with E-state index in [0.717, 1.165) is 35.4 Å². The Morgan fingerprint density at radius 2 is 0.786 bits per heavy atom. The van der Waals surface area contributed by atoms with Crippen LogP contribution >= 0.6 is 11.8 Å². The largest absolute Gasteiger partial charge is 0.457 e. The summed E-state index contributed by atoms with van der Waals surface area (Å²) in [5, 5.41) is -12.0. The van der Waals surface area contributed by atoms with E-state index in [-0.39, 0.29) is 26.9 Å². The number of ether oxygens (including phenoxy) is 3. The van der Waals surface area contributed by atoms with E-state index < -0.39 is 128 Å². The summed E-state index contributed by atoms with van der Waals surface area (Å²) in [6, 6.07) is 20.3. The number of sulfone groups is 1. The van der Waals surface area contributed by atoms with E-state index in [1.807, 2.05) is 28.1 Å². The van der Waals surface area contributed by atoms with Crippen molar-refractivity contribution in [1.29, 1.82) is 0 Å². The highest BCUT2D eigenvalue weighted by atomic mass is 32.2. The highest BCUT2D eigenvalue weighted by Gasteiger charge is 2.74. The van der Waals surface area contributed by atoms with Crippen LogP contribution in [-0.4, -0.2) is 82.2 Å². The molecule has 0 aromatic heterocycles. The summed E-state index contributed by atoms with van der Waals surface area (Å²) in [4.78, 5) is -1.32. The molecule has 0 radical (unpaired) electrons. The lowest BCUT2D eigenvalue weighted by Crippen LogP contribution is -2.54. The summed E-state index contributed by atoms with van der Waals surface area (Å²) in [5.74, 6) is -3.46. The Hall–Kier alpha value is -7.01. The lowest BCUT2D eigenvalue weighted by atomic mass is 9.72. The third-order valence-electron chi connectivity index (χ3n) is 13.0. The lowest BCUT2D eigenvalue weighted by molar-refractivity contribution is -0.884. The fourth-order valence-corrected chi connectivity index (χ4v) is 11.7. The first-order valence-corrected chi connectivity index (χ1v) is 27.7. The van der Waals surface area contributed by atoms with Gasteiger partial charge in [0, 0.05) is 11.6 Å². The van der Waals surface area contributed by atoms with Gasteiger partial charge in [-0.05, 0) is 138 Å². The monoisotopic (exact) mass is 1260 g/mol. The maximum absolute atomic E-state index is 15.2. The molecule has 0 unspecified atom stereocenters. The molecule has 0 aliphatic rings. The Labute approximate surface area is 473 Å². The Balaban J connectivity index is 1.19. The smallest absolute Gasteiger partial charge is 0.442 e. The molecule has 0 saturated heterocycles. The minimum atomic E-state index is -6.87. The van der Waals surface area contributed by atoms with Crippen LogP contribution < -0.4 is 14.2 Å². The molecule has 7 aromatic rings. The predicted molar refractivity (Wildman–Crippen MR) is 275 cm³/mol. The molecule has 450 valence electrons. The molecular weight excluding hydrogens is 1210 g/mol. The molecule has 0 amide bonds. The second-order valence-electron chi connectivity index (χ2n) is 20.0. The minimum absolute atomic E-state index is 0.00181. The van der Waals surface area contributed by atoms with Gasteiger partial charge in [0.2, 0.25) is 20.7 Å². The van der Waals surface area contributed by atoms with Crippen LogP contribution in [0.25, 0.3) is 0 Å². The van der Waals surface area contributed by atoms with Crippen molar-refractivity contribution in [2.45, 2.75) is 81.1 Å². The minimum Gasteiger partial charge on any atom is -0.457 e. The van der Waals surface area contributed by atoms with Crippen molar-refractivity contribution in [1.82, 2.24) is 0 Å². The molecule has 0 aliphatic carbocycles. The number of benzene rings is 7. The second-order valence-corrected chi connectivity index (χ2v) is 24.5. The molecule has 1 N–H and O–H groups in total. The van der Waals surface area contributed by atoms with Gasteiger partial charge in [0.25, 0.3) is 0 Å². The van der Waals surface area contributed by atoms with Gasteiger partial charge < -0.3 is 18.7 Å². The van der Waals surface area contributed by atoms with Crippen molar-refractivity contribution in [3.05, 3.63) is 197 Å². The van der Waals surface area contributed by atoms with Crippen LogP contribution in [0.1, 0.15) is 38.9 Å². The lowest BCUT2D eigenvalue weighted by Gasteiger charge is -2.38. The first-order valence-electron chi connectivity index (χ1n) is 24.0. The third-order valence-corrected chi connectivity index (χ3v) is 16.8. The number of hydrogen-bond donors (Lipinski definition) is 1. The van der Waals surface area contributed by atoms with E-state index in [0.29, 0.717) is 102 Å². The first kappa shape index (κ1) is 64.5. The topological polar surface area (TPSA) is 116 Å². The maximum Gasteiger partial charge on any atom is 0.442 e. The SMILES string of the molecule is Cc1ccc(C(c2ccc(Oc3cc(Oc4ccc(C(c5ccc(Oc6ccc(S(=O)(=O)c7ccc(C)c(C[N+](C)(C)C)c7)cc6)cc5)(C(F)(F)F)C(F)(F)F)cc4)ccc3SC(F)(F)C(F)(F)S(=O)(=O)O)cc2)(C(F)(F)F)C(F)(F)F)cc1.